The van der Waals surface area contributed by atoms with Crippen molar-refractivity contribution in [2.45, 2.75) is 31.7 Å². The first-order valence-corrected chi connectivity index (χ1v) is 9.98. The van der Waals surface area contributed by atoms with Crippen LogP contribution in [-0.2, 0) is 4.79 Å². The van der Waals surface area contributed by atoms with Gasteiger partial charge in [-0.05, 0) is 44.4 Å². The van der Waals surface area contributed by atoms with E-state index >= 15 is 0 Å². The molecule has 3 heterocycles. The summed E-state index contributed by atoms with van der Waals surface area (Å²) in [5, 5.41) is 2.95. The SMILES string of the molecule is C=CCNC(=O)[C@H]1CCCN(C2CCN(c3nc4ccccc4o3)CC2)C1. The van der Waals surface area contributed by atoms with Crippen molar-refractivity contribution in [2.24, 2.45) is 5.92 Å². The lowest BCUT2D eigenvalue weighted by molar-refractivity contribution is -0.126. The van der Waals surface area contributed by atoms with Gasteiger partial charge in [0.2, 0.25) is 5.91 Å². The molecule has 6 heteroatoms. The molecule has 0 bridgehead atoms. The standard InChI is InChI=1S/C21H28N4O2/c1-2-11-22-20(26)16-6-5-12-25(15-16)17-9-13-24(14-10-17)21-23-18-7-3-4-8-19(18)27-21/h2-4,7-8,16-17H,1,5-6,9-15H2,(H,22,26)/t16-/m0/s1. The van der Waals surface area contributed by atoms with Gasteiger partial charge in [-0.25, -0.2) is 0 Å². The molecule has 1 N–H and O–H groups in total. The molecule has 4 rings (SSSR count). The van der Waals surface area contributed by atoms with Crippen LogP contribution in [0.5, 0.6) is 0 Å². The van der Waals surface area contributed by atoms with E-state index < -0.39 is 0 Å². The van der Waals surface area contributed by atoms with Gasteiger partial charge in [-0.1, -0.05) is 18.2 Å². The Balaban J connectivity index is 1.33. The number of carbonyl (C=O) groups is 1. The fourth-order valence-electron chi connectivity index (χ4n) is 4.29. The van der Waals surface area contributed by atoms with Crippen molar-refractivity contribution < 1.29 is 9.21 Å². The molecule has 0 aliphatic carbocycles. The first-order valence-electron chi connectivity index (χ1n) is 9.98. The summed E-state index contributed by atoms with van der Waals surface area (Å²) in [5.41, 5.74) is 1.76. The number of carbonyl (C=O) groups excluding carboxylic acids is 1. The number of fused-ring (bicyclic) bond motifs is 1. The molecule has 27 heavy (non-hydrogen) atoms. The van der Waals surface area contributed by atoms with Gasteiger partial charge in [-0.3, -0.25) is 9.69 Å². The average molecular weight is 368 g/mol. The molecule has 0 unspecified atom stereocenters. The highest BCUT2D eigenvalue weighted by Crippen LogP contribution is 2.28. The molecule has 0 spiro atoms. The van der Waals surface area contributed by atoms with Gasteiger partial charge in [0.25, 0.3) is 6.01 Å². The third-order valence-corrected chi connectivity index (χ3v) is 5.78. The molecular weight excluding hydrogens is 340 g/mol. The lowest BCUT2D eigenvalue weighted by Crippen LogP contribution is -2.50. The number of nitrogens with zero attached hydrogens (tertiary/aromatic N) is 3. The van der Waals surface area contributed by atoms with Crippen molar-refractivity contribution >= 4 is 23.0 Å². The van der Waals surface area contributed by atoms with Crippen LogP contribution in [0.2, 0.25) is 0 Å². The Kier molecular flexibility index (Phi) is 5.43. The summed E-state index contributed by atoms with van der Waals surface area (Å²) < 4.78 is 5.91. The molecule has 2 saturated heterocycles. The van der Waals surface area contributed by atoms with E-state index in [0.29, 0.717) is 12.6 Å². The van der Waals surface area contributed by atoms with Crippen LogP contribution < -0.4 is 10.2 Å². The third-order valence-electron chi connectivity index (χ3n) is 5.78. The zero-order valence-corrected chi connectivity index (χ0v) is 15.8. The fraction of sp³-hybridized carbons (Fsp3) is 0.524. The summed E-state index contributed by atoms with van der Waals surface area (Å²) in [6, 6.07) is 9.18. The van der Waals surface area contributed by atoms with Crippen LogP contribution in [0.25, 0.3) is 11.1 Å². The number of anilines is 1. The number of likely N-dealkylation sites (tertiary alicyclic amines) is 1. The Morgan fingerprint density at radius 1 is 1.26 bits per heavy atom. The number of rotatable bonds is 5. The molecule has 144 valence electrons. The van der Waals surface area contributed by atoms with E-state index in [1.54, 1.807) is 6.08 Å². The van der Waals surface area contributed by atoms with E-state index in [1.165, 1.54) is 0 Å². The minimum atomic E-state index is 0.105. The normalized spacial score (nSPS) is 22.1. The third kappa shape index (κ3) is 4.00. The number of para-hydroxylation sites is 2. The first-order chi connectivity index (χ1) is 13.2. The Hall–Kier alpha value is -2.34. The van der Waals surface area contributed by atoms with Crippen molar-refractivity contribution in [3.8, 4) is 0 Å². The predicted octanol–water partition coefficient (Wildman–Crippen LogP) is 2.81. The molecule has 1 aromatic carbocycles. The highest BCUT2D eigenvalue weighted by atomic mass is 16.4. The van der Waals surface area contributed by atoms with E-state index in [2.05, 4.69) is 26.7 Å². The van der Waals surface area contributed by atoms with Gasteiger partial charge in [-0.15, -0.1) is 6.58 Å². The number of piperidine rings is 2. The van der Waals surface area contributed by atoms with E-state index in [9.17, 15) is 4.79 Å². The highest BCUT2D eigenvalue weighted by molar-refractivity contribution is 5.79. The molecule has 0 saturated carbocycles. The van der Waals surface area contributed by atoms with Crippen molar-refractivity contribution in [1.82, 2.24) is 15.2 Å². The molecule has 2 aromatic rings. The van der Waals surface area contributed by atoms with Crippen LogP contribution in [0.1, 0.15) is 25.7 Å². The van der Waals surface area contributed by atoms with E-state index in [1.807, 2.05) is 24.3 Å². The largest absolute Gasteiger partial charge is 0.423 e. The van der Waals surface area contributed by atoms with Gasteiger partial charge in [-0.2, -0.15) is 4.98 Å². The van der Waals surface area contributed by atoms with Crippen molar-refractivity contribution in [2.75, 3.05) is 37.6 Å². The Labute approximate surface area is 160 Å². The maximum absolute atomic E-state index is 12.3. The number of oxazole rings is 1. The van der Waals surface area contributed by atoms with Gasteiger partial charge in [0.1, 0.15) is 5.52 Å². The number of aromatic nitrogens is 1. The summed E-state index contributed by atoms with van der Waals surface area (Å²) in [6.07, 6.45) is 5.98. The molecule has 2 fully saturated rings. The van der Waals surface area contributed by atoms with Gasteiger partial charge in [0.05, 0.1) is 5.92 Å². The maximum atomic E-state index is 12.3. The van der Waals surface area contributed by atoms with Gasteiger partial charge >= 0.3 is 0 Å². The monoisotopic (exact) mass is 368 g/mol. The molecule has 2 aliphatic heterocycles. The predicted molar refractivity (Wildman–Crippen MR) is 107 cm³/mol. The first kappa shape index (κ1) is 18.0. The molecule has 2 aliphatic rings. The van der Waals surface area contributed by atoms with Crippen molar-refractivity contribution in [3.05, 3.63) is 36.9 Å². The smallest absolute Gasteiger partial charge is 0.298 e. The Morgan fingerprint density at radius 3 is 2.85 bits per heavy atom. The fourth-order valence-corrected chi connectivity index (χ4v) is 4.29. The van der Waals surface area contributed by atoms with Crippen LogP contribution in [0.4, 0.5) is 6.01 Å². The summed E-state index contributed by atoms with van der Waals surface area (Å²) in [7, 11) is 0. The second-order valence-corrected chi connectivity index (χ2v) is 7.55. The number of nitrogens with one attached hydrogen (secondary N) is 1. The highest BCUT2D eigenvalue weighted by Gasteiger charge is 2.32. The quantitative estimate of drug-likeness (QED) is 0.823. The minimum Gasteiger partial charge on any atom is -0.423 e. The summed E-state index contributed by atoms with van der Waals surface area (Å²) >= 11 is 0. The minimum absolute atomic E-state index is 0.105. The lowest BCUT2D eigenvalue weighted by Gasteiger charge is -2.41. The molecule has 6 nitrogen and oxygen atoms in total. The van der Waals surface area contributed by atoms with Gasteiger partial charge in [0.15, 0.2) is 5.58 Å². The number of amides is 1. The molecule has 0 radical (unpaired) electrons. The second-order valence-electron chi connectivity index (χ2n) is 7.55. The van der Waals surface area contributed by atoms with E-state index in [0.717, 1.165) is 69.0 Å². The van der Waals surface area contributed by atoms with Crippen LogP contribution >= 0.6 is 0 Å². The summed E-state index contributed by atoms with van der Waals surface area (Å²) in [6.45, 7) is 8.08. The van der Waals surface area contributed by atoms with Crippen molar-refractivity contribution in [3.63, 3.8) is 0 Å². The zero-order chi connectivity index (χ0) is 18.6. The number of benzene rings is 1. The van der Waals surface area contributed by atoms with Crippen LogP contribution in [0.3, 0.4) is 0 Å². The van der Waals surface area contributed by atoms with Crippen LogP contribution in [0, 0.1) is 5.92 Å². The van der Waals surface area contributed by atoms with Gasteiger partial charge < -0.3 is 14.6 Å². The second kappa shape index (κ2) is 8.13. The topological polar surface area (TPSA) is 61.6 Å². The Bertz CT molecular complexity index is 761. The Morgan fingerprint density at radius 2 is 2.07 bits per heavy atom. The average Bonchev–Trinajstić information content (AvgIpc) is 3.16. The number of hydrogen-bond acceptors (Lipinski definition) is 5. The van der Waals surface area contributed by atoms with E-state index in [4.69, 9.17) is 4.42 Å². The lowest BCUT2D eigenvalue weighted by atomic mass is 9.93. The number of hydrogen-bond donors (Lipinski definition) is 1. The molecule has 1 aromatic heterocycles. The van der Waals surface area contributed by atoms with Crippen LogP contribution in [-0.4, -0.2) is 54.6 Å². The summed E-state index contributed by atoms with van der Waals surface area (Å²) in [5.74, 6) is 0.275. The summed E-state index contributed by atoms with van der Waals surface area (Å²) in [4.78, 5) is 21.7. The van der Waals surface area contributed by atoms with Crippen LogP contribution in [0.15, 0.2) is 41.3 Å². The van der Waals surface area contributed by atoms with Gasteiger partial charge in [0, 0.05) is 32.2 Å². The molecular formula is C21H28N4O2. The molecule has 1 amide bonds. The van der Waals surface area contributed by atoms with E-state index in [-0.39, 0.29) is 11.8 Å². The maximum Gasteiger partial charge on any atom is 0.298 e. The zero-order valence-electron chi connectivity index (χ0n) is 15.8. The van der Waals surface area contributed by atoms with Crippen molar-refractivity contribution in [1.29, 1.82) is 0 Å². The molecule has 1 atom stereocenters.